The van der Waals surface area contributed by atoms with Crippen molar-refractivity contribution in [3.8, 4) is 0 Å². The quantitative estimate of drug-likeness (QED) is 0.432. The highest BCUT2D eigenvalue weighted by Gasteiger charge is 2.25. The Hall–Kier alpha value is -2.44. The molecule has 2 heterocycles. The lowest BCUT2D eigenvalue weighted by molar-refractivity contribution is -0.124. The van der Waals surface area contributed by atoms with E-state index in [2.05, 4.69) is 27.2 Å². The number of hydroxylamine groups is 1. The summed E-state index contributed by atoms with van der Waals surface area (Å²) in [5, 5.41) is 15.3. The molecule has 0 spiro atoms. The number of hydrogen-bond acceptors (Lipinski definition) is 4. The number of nitrogens with zero attached hydrogens (tertiary/aromatic N) is 2. The van der Waals surface area contributed by atoms with Crippen molar-refractivity contribution in [1.29, 1.82) is 0 Å². The van der Waals surface area contributed by atoms with Crippen LogP contribution in [0.25, 0.3) is 6.08 Å². The fourth-order valence-electron chi connectivity index (χ4n) is 3.20. The monoisotopic (exact) mass is 326 g/mol. The summed E-state index contributed by atoms with van der Waals surface area (Å²) in [6.45, 7) is 2.16. The Morgan fingerprint density at radius 2 is 2.25 bits per heavy atom. The van der Waals surface area contributed by atoms with Gasteiger partial charge in [-0.1, -0.05) is 24.3 Å². The molecule has 24 heavy (non-hydrogen) atoms. The first-order chi connectivity index (χ1) is 11.8. The number of benzene rings is 1. The zero-order chi connectivity index (χ0) is 16.8. The van der Waals surface area contributed by atoms with Gasteiger partial charge < -0.3 is 0 Å². The highest BCUT2D eigenvalue weighted by atomic mass is 16.5. The van der Waals surface area contributed by atoms with Crippen LogP contribution in [0.15, 0.2) is 42.7 Å². The number of amides is 1. The Labute approximate surface area is 141 Å². The Morgan fingerprint density at radius 3 is 2.96 bits per heavy atom. The number of carbonyl (C=O) groups is 1. The fourth-order valence-corrected chi connectivity index (χ4v) is 3.20. The van der Waals surface area contributed by atoms with E-state index in [1.165, 1.54) is 30.0 Å². The Kier molecular flexibility index (Phi) is 5.40. The lowest BCUT2D eigenvalue weighted by atomic mass is 10.0. The summed E-state index contributed by atoms with van der Waals surface area (Å²) >= 11 is 0. The molecule has 2 aromatic rings. The average Bonchev–Trinajstić information content (AvgIpc) is 3.29. The Bertz CT molecular complexity index is 680. The summed E-state index contributed by atoms with van der Waals surface area (Å²) in [7, 11) is 0. The highest BCUT2D eigenvalue weighted by molar-refractivity contribution is 5.90. The molecule has 1 aromatic carbocycles. The van der Waals surface area contributed by atoms with E-state index in [1.54, 1.807) is 11.6 Å². The van der Waals surface area contributed by atoms with Crippen molar-refractivity contribution in [2.24, 2.45) is 0 Å². The molecule has 6 nitrogen and oxygen atoms in total. The van der Waals surface area contributed by atoms with Crippen molar-refractivity contribution >= 4 is 12.0 Å². The maximum Gasteiger partial charge on any atom is 0.267 e. The molecule has 1 atom stereocenters. The van der Waals surface area contributed by atoms with Crippen LogP contribution in [0.4, 0.5) is 0 Å². The molecule has 1 amide bonds. The van der Waals surface area contributed by atoms with Gasteiger partial charge in [-0.25, -0.2) is 5.48 Å². The number of aromatic amines is 1. The first-order valence-electron chi connectivity index (χ1n) is 8.20. The van der Waals surface area contributed by atoms with Crippen LogP contribution in [0.3, 0.4) is 0 Å². The van der Waals surface area contributed by atoms with Gasteiger partial charge in [0.25, 0.3) is 5.91 Å². The first-order valence-corrected chi connectivity index (χ1v) is 8.20. The number of rotatable bonds is 6. The van der Waals surface area contributed by atoms with Gasteiger partial charge in [0.05, 0.1) is 6.20 Å². The van der Waals surface area contributed by atoms with Crippen LogP contribution < -0.4 is 5.48 Å². The Morgan fingerprint density at radius 1 is 1.42 bits per heavy atom. The molecule has 3 N–H and O–H groups in total. The Balaban J connectivity index is 1.62. The van der Waals surface area contributed by atoms with Crippen molar-refractivity contribution in [2.75, 3.05) is 13.1 Å². The van der Waals surface area contributed by atoms with E-state index in [0.29, 0.717) is 6.04 Å². The summed E-state index contributed by atoms with van der Waals surface area (Å²) in [5.74, 6) is -0.528. The molecular weight excluding hydrogens is 304 g/mol. The van der Waals surface area contributed by atoms with Gasteiger partial charge in [-0.05, 0) is 48.6 Å². The summed E-state index contributed by atoms with van der Waals surface area (Å²) in [5.41, 5.74) is 5.07. The highest BCUT2D eigenvalue weighted by Crippen LogP contribution is 2.32. The largest absolute Gasteiger partial charge is 0.296 e. The van der Waals surface area contributed by atoms with Gasteiger partial charge in [0.1, 0.15) is 0 Å². The van der Waals surface area contributed by atoms with Gasteiger partial charge in [0, 0.05) is 24.9 Å². The second-order valence-electron chi connectivity index (χ2n) is 6.03. The number of H-pyrrole nitrogens is 1. The van der Waals surface area contributed by atoms with Crippen molar-refractivity contribution in [2.45, 2.75) is 25.3 Å². The molecule has 3 rings (SSSR count). The van der Waals surface area contributed by atoms with Gasteiger partial charge in [-0.2, -0.15) is 5.10 Å². The van der Waals surface area contributed by atoms with E-state index in [9.17, 15) is 4.79 Å². The molecule has 1 aromatic heterocycles. The standard InChI is InChI=1S/C18H22N4O2/c23-18(21-24)8-5-14-3-6-16(7-4-14)17-2-1-10-22(17)11-9-15-12-19-20-13-15/h3-8,12-13,17,24H,1-2,9-11H2,(H,19,20)(H,21,23)/t17-/m0/s1. The minimum absolute atomic E-state index is 0.454. The number of aromatic nitrogens is 2. The van der Waals surface area contributed by atoms with Crippen LogP contribution in [0.5, 0.6) is 0 Å². The molecule has 0 bridgehead atoms. The van der Waals surface area contributed by atoms with Gasteiger partial charge in [0.2, 0.25) is 0 Å². The summed E-state index contributed by atoms with van der Waals surface area (Å²) in [6.07, 6.45) is 10.2. The number of hydrogen-bond donors (Lipinski definition) is 3. The molecule has 0 unspecified atom stereocenters. The predicted molar refractivity (Wildman–Crippen MR) is 91.2 cm³/mol. The molecule has 1 fully saturated rings. The third kappa shape index (κ3) is 4.10. The second kappa shape index (κ2) is 7.90. The van der Waals surface area contributed by atoms with Crippen molar-refractivity contribution in [3.63, 3.8) is 0 Å². The van der Waals surface area contributed by atoms with Crippen LogP contribution in [-0.2, 0) is 11.2 Å². The fraction of sp³-hybridized carbons (Fsp3) is 0.333. The smallest absolute Gasteiger partial charge is 0.267 e. The van der Waals surface area contributed by atoms with Crippen LogP contribution in [-0.4, -0.2) is 39.3 Å². The van der Waals surface area contributed by atoms with Crippen molar-refractivity contribution in [1.82, 2.24) is 20.6 Å². The molecule has 1 aliphatic rings. The molecule has 0 aliphatic carbocycles. The summed E-state index contributed by atoms with van der Waals surface area (Å²) < 4.78 is 0. The maximum absolute atomic E-state index is 11.0. The second-order valence-corrected chi connectivity index (χ2v) is 6.03. The maximum atomic E-state index is 11.0. The third-order valence-corrected chi connectivity index (χ3v) is 4.46. The number of carbonyl (C=O) groups excluding carboxylic acids is 1. The van der Waals surface area contributed by atoms with Crippen LogP contribution >= 0.6 is 0 Å². The van der Waals surface area contributed by atoms with Gasteiger partial charge in [-0.15, -0.1) is 0 Å². The normalized spacial score (nSPS) is 18.3. The molecule has 0 radical (unpaired) electrons. The van der Waals surface area contributed by atoms with E-state index in [4.69, 9.17) is 5.21 Å². The SMILES string of the molecule is O=C(C=Cc1ccc([C@@H]2CCCN2CCc2cn[nH]c2)cc1)NO. The molecule has 6 heteroatoms. The minimum atomic E-state index is -0.528. The summed E-state index contributed by atoms with van der Waals surface area (Å²) in [6, 6.07) is 8.71. The van der Waals surface area contributed by atoms with Gasteiger partial charge in [-0.3, -0.25) is 20.0 Å². The van der Waals surface area contributed by atoms with E-state index >= 15 is 0 Å². The average molecular weight is 326 g/mol. The van der Waals surface area contributed by atoms with Gasteiger partial charge in [0.15, 0.2) is 0 Å². The summed E-state index contributed by atoms with van der Waals surface area (Å²) in [4.78, 5) is 13.5. The minimum Gasteiger partial charge on any atom is -0.296 e. The van der Waals surface area contributed by atoms with Crippen LogP contribution in [0, 0.1) is 0 Å². The van der Waals surface area contributed by atoms with E-state index in [0.717, 1.165) is 25.1 Å². The van der Waals surface area contributed by atoms with E-state index < -0.39 is 5.91 Å². The van der Waals surface area contributed by atoms with Gasteiger partial charge >= 0.3 is 0 Å². The van der Waals surface area contributed by atoms with E-state index in [-0.39, 0.29) is 0 Å². The lowest BCUT2D eigenvalue weighted by Gasteiger charge is -2.24. The zero-order valence-electron chi connectivity index (χ0n) is 13.5. The zero-order valence-corrected chi connectivity index (χ0v) is 13.5. The molecule has 1 aliphatic heterocycles. The first kappa shape index (κ1) is 16.4. The number of nitrogens with one attached hydrogen (secondary N) is 2. The third-order valence-electron chi connectivity index (χ3n) is 4.46. The van der Waals surface area contributed by atoms with Crippen LogP contribution in [0.1, 0.15) is 35.6 Å². The predicted octanol–water partition coefficient (Wildman–Crippen LogP) is 2.31. The topological polar surface area (TPSA) is 81.2 Å². The number of likely N-dealkylation sites (tertiary alicyclic amines) is 1. The van der Waals surface area contributed by atoms with Crippen molar-refractivity contribution in [3.05, 3.63) is 59.4 Å². The lowest BCUT2D eigenvalue weighted by Crippen LogP contribution is -2.25. The molecular formula is C18H22N4O2. The molecule has 1 saturated heterocycles. The van der Waals surface area contributed by atoms with Crippen LogP contribution in [0.2, 0.25) is 0 Å². The molecule has 0 saturated carbocycles. The van der Waals surface area contributed by atoms with Crippen molar-refractivity contribution < 1.29 is 10.0 Å². The molecule has 126 valence electrons. The van der Waals surface area contributed by atoms with E-state index in [1.807, 2.05) is 24.5 Å².